The smallest absolute Gasteiger partial charge is 0.254 e. The fourth-order valence-electron chi connectivity index (χ4n) is 7.81. The van der Waals surface area contributed by atoms with Gasteiger partial charge < -0.3 is 25.2 Å². The monoisotopic (exact) mass is 672 g/mol. The van der Waals surface area contributed by atoms with Crippen LogP contribution in [0.25, 0.3) is 5.69 Å². The number of aromatic nitrogens is 4. The summed E-state index contributed by atoms with van der Waals surface area (Å²) in [6, 6.07) is 5.40. The quantitative estimate of drug-likeness (QED) is 0.288. The molecule has 4 heterocycles. The Kier molecular flexibility index (Phi) is 10.4. The van der Waals surface area contributed by atoms with Gasteiger partial charge in [0.15, 0.2) is 11.5 Å². The van der Waals surface area contributed by atoms with E-state index in [1.807, 2.05) is 4.57 Å². The van der Waals surface area contributed by atoms with Gasteiger partial charge in [0.05, 0.1) is 36.3 Å². The Morgan fingerprint density at radius 2 is 1.84 bits per heavy atom. The first-order chi connectivity index (χ1) is 23.6. The summed E-state index contributed by atoms with van der Waals surface area (Å²) in [5.41, 5.74) is 2.15. The van der Waals surface area contributed by atoms with Gasteiger partial charge in [0.25, 0.3) is 5.91 Å². The van der Waals surface area contributed by atoms with E-state index in [-0.39, 0.29) is 29.6 Å². The van der Waals surface area contributed by atoms with E-state index in [4.69, 9.17) is 9.72 Å². The van der Waals surface area contributed by atoms with Gasteiger partial charge in [0, 0.05) is 56.9 Å². The Bertz CT molecular complexity index is 1690. The van der Waals surface area contributed by atoms with Crippen LogP contribution in [0.4, 0.5) is 21.8 Å². The second-order valence-corrected chi connectivity index (χ2v) is 14.2. The fraction of sp³-hybridized carbons (Fsp3) is 0.583. The van der Waals surface area contributed by atoms with Gasteiger partial charge in [-0.2, -0.15) is 10.2 Å². The van der Waals surface area contributed by atoms with Gasteiger partial charge in [0.1, 0.15) is 29.7 Å². The second kappa shape index (κ2) is 14.7. The molecule has 262 valence electrons. The zero-order valence-electron chi connectivity index (χ0n) is 29.5. The summed E-state index contributed by atoms with van der Waals surface area (Å²) in [6.45, 7) is 16.3. The van der Waals surface area contributed by atoms with Gasteiger partial charge in [-0.1, -0.05) is 20.8 Å². The molecule has 0 bridgehead atoms. The number of nitrogens with zero attached hydrogens (tertiary/aromatic N) is 8. The molecule has 0 radical (unpaired) electrons. The number of amides is 1. The number of halogens is 1. The summed E-state index contributed by atoms with van der Waals surface area (Å²) in [7, 11) is 1.48. The highest BCUT2D eigenvalue weighted by atomic mass is 19.1. The van der Waals surface area contributed by atoms with Crippen LogP contribution in [0.2, 0.25) is 0 Å². The summed E-state index contributed by atoms with van der Waals surface area (Å²) in [6.07, 6.45) is 7.85. The number of anilines is 3. The van der Waals surface area contributed by atoms with Gasteiger partial charge in [-0.05, 0) is 57.9 Å². The first-order valence-electron chi connectivity index (χ1n) is 17.7. The number of hydrogen-bond acceptors (Lipinski definition) is 10. The molecule has 3 aromatic rings. The minimum atomic E-state index is -0.659. The number of ether oxygens (including phenoxy) is 1. The van der Waals surface area contributed by atoms with Gasteiger partial charge >= 0.3 is 0 Å². The molecule has 49 heavy (non-hydrogen) atoms. The number of nitrogens with one attached hydrogen (secondary N) is 2. The van der Waals surface area contributed by atoms with Crippen molar-refractivity contribution in [3.63, 3.8) is 0 Å². The molecule has 13 heteroatoms. The largest absolute Gasteiger partial charge is 0.495 e. The Labute approximate surface area is 288 Å². The van der Waals surface area contributed by atoms with Crippen LogP contribution in [-0.2, 0) is 0 Å². The number of nitriles is 1. The average molecular weight is 673 g/mol. The van der Waals surface area contributed by atoms with E-state index in [0.29, 0.717) is 40.6 Å². The molecule has 1 aliphatic carbocycles. The maximum absolute atomic E-state index is 15.6. The van der Waals surface area contributed by atoms with Crippen molar-refractivity contribution in [2.75, 3.05) is 50.1 Å². The lowest BCUT2D eigenvalue weighted by Gasteiger charge is -2.42. The number of fused-ring (bicyclic) bond motifs is 3. The minimum Gasteiger partial charge on any atom is -0.495 e. The minimum absolute atomic E-state index is 0.00849. The van der Waals surface area contributed by atoms with Crippen LogP contribution in [0.5, 0.6) is 5.75 Å². The number of benzene rings is 1. The lowest BCUT2D eigenvalue weighted by atomic mass is 9.89. The van der Waals surface area contributed by atoms with Crippen molar-refractivity contribution in [1.82, 2.24) is 34.6 Å². The number of carbonyl (C=O) groups is 1. The van der Waals surface area contributed by atoms with Crippen LogP contribution in [-0.4, -0.2) is 93.2 Å². The van der Waals surface area contributed by atoms with Gasteiger partial charge in [-0.15, -0.1) is 0 Å². The molecular weight excluding hydrogens is 623 g/mol. The fourth-order valence-corrected chi connectivity index (χ4v) is 7.81. The third-order valence-corrected chi connectivity index (χ3v) is 10.1. The lowest BCUT2D eigenvalue weighted by molar-refractivity contribution is 0.0668. The molecule has 2 aliphatic heterocycles. The van der Waals surface area contributed by atoms with Crippen LogP contribution in [0.3, 0.4) is 0 Å². The zero-order valence-corrected chi connectivity index (χ0v) is 29.5. The van der Waals surface area contributed by atoms with Gasteiger partial charge in [-0.3, -0.25) is 14.3 Å². The Hall–Kier alpha value is -4.28. The van der Waals surface area contributed by atoms with Crippen molar-refractivity contribution in [2.45, 2.75) is 90.9 Å². The van der Waals surface area contributed by atoms with E-state index in [2.05, 4.69) is 76.0 Å². The number of carbonyl (C=O) groups excluding carboxylic acids is 1. The predicted molar refractivity (Wildman–Crippen MR) is 187 cm³/mol. The molecule has 0 spiro atoms. The molecular formula is C36H49FN10O2. The first kappa shape index (κ1) is 34.6. The van der Waals surface area contributed by atoms with Crippen molar-refractivity contribution in [3.05, 3.63) is 47.4 Å². The highest BCUT2D eigenvalue weighted by Gasteiger charge is 2.36. The van der Waals surface area contributed by atoms with Gasteiger partial charge in [0.2, 0.25) is 5.95 Å². The second-order valence-electron chi connectivity index (χ2n) is 14.2. The van der Waals surface area contributed by atoms with Crippen molar-refractivity contribution in [2.24, 2.45) is 5.92 Å². The number of hydrogen-bond donors (Lipinski definition) is 2. The summed E-state index contributed by atoms with van der Waals surface area (Å²) < 4.78 is 23.1. The summed E-state index contributed by atoms with van der Waals surface area (Å²) in [5, 5.41) is 15.9. The lowest BCUT2D eigenvalue weighted by Crippen LogP contribution is -2.52. The van der Waals surface area contributed by atoms with E-state index in [1.54, 1.807) is 12.5 Å². The molecule has 2 N–H and O–H groups in total. The van der Waals surface area contributed by atoms with E-state index in [1.165, 1.54) is 19.2 Å². The molecule has 1 aromatic carbocycles. The van der Waals surface area contributed by atoms with E-state index < -0.39 is 11.7 Å². The SMILES string of the molecule is CCC1c2c(C#N)ncn2-c2cnc(Nc3cc(F)c(C(=O)NC4CCC(N5CCN(CC(C)C)CC5)CC4)cc3OC)nc2N1C(C)C. The highest BCUT2D eigenvalue weighted by Crippen LogP contribution is 2.42. The summed E-state index contributed by atoms with van der Waals surface area (Å²) in [4.78, 5) is 34.3. The maximum atomic E-state index is 15.6. The van der Waals surface area contributed by atoms with Crippen LogP contribution in [0, 0.1) is 23.1 Å². The van der Waals surface area contributed by atoms with Crippen molar-refractivity contribution in [3.8, 4) is 17.5 Å². The van der Waals surface area contributed by atoms with Crippen LogP contribution < -0.4 is 20.3 Å². The van der Waals surface area contributed by atoms with Gasteiger partial charge in [-0.25, -0.2) is 14.4 Å². The number of rotatable bonds is 10. The standard InChI is InChI=1S/C36H49FN10O2/c1-7-30-33-29(18-38)40-21-46(33)31-19-39-36(43-34(31)47(30)23(4)5)42-28-17-27(37)26(16-32(28)49-6)35(48)41-24-8-10-25(11-9-24)45-14-12-44(13-15-45)20-22(2)3/h16-17,19,21-25,30H,7-15,20H2,1-6H3,(H,41,48)(H,39,42,43). The molecule has 1 amide bonds. The van der Waals surface area contributed by atoms with Crippen molar-refractivity contribution < 1.29 is 13.9 Å². The molecule has 1 unspecified atom stereocenters. The maximum Gasteiger partial charge on any atom is 0.254 e. The van der Waals surface area contributed by atoms with Crippen LogP contribution in [0.1, 0.15) is 94.5 Å². The third-order valence-electron chi connectivity index (χ3n) is 10.1. The molecule has 2 aromatic heterocycles. The van der Waals surface area contributed by atoms with E-state index in [9.17, 15) is 10.1 Å². The normalized spacial score (nSPS) is 21.3. The Morgan fingerprint density at radius 3 is 2.47 bits per heavy atom. The summed E-state index contributed by atoms with van der Waals surface area (Å²) >= 11 is 0. The van der Waals surface area contributed by atoms with Crippen LogP contribution >= 0.6 is 0 Å². The number of methoxy groups -OCH3 is 1. The van der Waals surface area contributed by atoms with Crippen molar-refractivity contribution >= 4 is 23.4 Å². The molecule has 3 aliphatic rings. The molecule has 12 nitrogen and oxygen atoms in total. The predicted octanol–water partition coefficient (Wildman–Crippen LogP) is 5.42. The molecule has 1 saturated carbocycles. The van der Waals surface area contributed by atoms with Crippen LogP contribution in [0.15, 0.2) is 24.7 Å². The zero-order chi connectivity index (χ0) is 34.8. The van der Waals surface area contributed by atoms with E-state index >= 15 is 4.39 Å². The Morgan fingerprint density at radius 1 is 1.10 bits per heavy atom. The van der Waals surface area contributed by atoms with Crippen molar-refractivity contribution in [1.29, 1.82) is 5.26 Å². The average Bonchev–Trinajstić information content (AvgIpc) is 3.52. The molecule has 1 atom stereocenters. The third kappa shape index (κ3) is 7.07. The summed E-state index contributed by atoms with van der Waals surface area (Å²) in [5.74, 6) is 0.808. The molecule has 1 saturated heterocycles. The molecule has 2 fully saturated rings. The Balaban J connectivity index is 1.13. The highest BCUT2D eigenvalue weighted by molar-refractivity contribution is 5.96. The number of imidazole rings is 1. The molecule has 6 rings (SSSR count). The van der Waals surface area contributed by atoms with E-state index in [0.717, 1.165) is 70.5 Å². The topological polar surface area (TPSA) is 127 Å². The first-order valence-corrected chi connectivity index (χ1v) is 17.7. The number of piperazine rings is 1.